The summed E-state index contributed by atoms with van der Waals surface area (Å²) >= 11 is 0. The maximum atomic E-state index is 11.5. The third kappa shape index (κ3) is 4.70. The molecule has 0 fully saturated rings. The second-order valence-electron chi connectivity index (χ2n) is 6.17. The fraction of sp³-hybridized carbons (Fsp3) is 0.143. The van der Waals surface area contributed by atoms with Crippen LogP contribution in [0.15, 0.2) is 54.6 Å². The molecular formula is C21H20N4O3. The Bertz CT molecular complexity index is 1020. The molecule has 7 heteroatoms. The summed E-state index contributed by atoms with van der Waals surface area (Å²) in [5, 5.41) is 6.31. The number of carbonyl (C=O) groups excluding carboxylic acids is 2. The van der Waals surface area contributed by atoms with Crippen LogP contribution in [0.2, 0.25) is 0 Å². The number of nitrogens with one attached hydrogen (secondary N) is 2. The molecule has 0 amide bonds. The zero-order valence-corrected chi connectivity index (χ0v) is 15.8. The van der Waals surface area contributed by atoms with Gasteiger partial charge in [-0.2, -0.15) is 4.98 Å². The molecule has 142 valence electrons. The van der Waals surface area contributed by atoms with Crippen molar-refractivity contribution in [2.75, 3.05) is 17.7 Å². The summed E-state index contributed by atoms with van der Waals surface area (Å²) in [7, 11) is 1.35. The Labute approximate surface area is 162 Å². The van der Waals surface area contributed by atoms with E-state index in [4.69, 9.17) is 4.74 Å². The Balaban J connectivity index is 1.79. The first-order valence-corrected chi connectivity index (χ1v) is 8.64. The number of ether oxygens (including phenoxy) is 1. The van der Waals surface area contributed by atoms with Crippen LogP contribution in [0.3, 0.4) is 0 Å². The van der Waals surface area contributed by atoms with Gasteiger partial charge >= 0.3 is 5.97 Å². The number of rotatable bonds is 6. The molecule has 0 unspecified atom stereocenters. The standard InChI is InChI=1S/C21H20N4O3/c1-13-11-19(23-17-9-7-15(8-10-17)20(27)28-3)25-21(22-13)24-18-6-4-5-16(12-18)14(2)26/h4-12H,1-3H3,(H2,22,23,24,25). The number of anilines is 4. The van der Waals surface area contributed by atoms with Crippen molar-refractivity contribution < 1.29 is 14.3 Å². The summed E-state index contributed by atoms with van der Waals surface area (Å²) in [5.74, 6) is 0.619. The molecular weight excluding hydrogens is 356 g/mol. The van der Waals surface area contributed by atoms with Gasteiger partial charge in [-0.25, -0.2) is 9.78 Å². The number of methoxy groups -OCH3 is 1. The number of hydrogen-bond donors (Lipinski definition) is 2. The van der Waals surface area contributed by atoms with E-state index in [0.717, 1.165) is 17.1 Å². The first-order chi connectivity index (χ1) is 13.4. The van der Waals surface area contributed by atoms with Crippen molar-refractivity contribution in [2.45, 2.75) is 13.8 Å². The number of ketones is 1. The number of carbonyl (C=O) groups is 2. The lowest BCUT2D eigenvalue weighted by Gasteiger charge is -2.11. The van der Waals surface area contributed by atoms with Gasteiger partial charge in [-0.05, 0) is 50.2 Å². The largest absolute Gasteiger partial charge is 0.465 e. The number of hydrogen-bond acceptors (Lipinski definition) is 7. The molecule has 0 aliphatic rings. The number of Topliss-reactive ketones (excluding diaryl/α,β-unsaturated/α-hetero) is 1. The molecule has 0 saturated carbocycles. The monoisotopic (exact) mass is 376 g/mol. The Hall–Kier alpha value is -3.74. The SMILES string of the molecule is COC(=O)c1ccc(Nc2cc(C)nc(Nc3cccc(C(C)=O)c3)n2)cc1. The molecule has 1 heterocycles. The van der Waals surface area contributed by atoms with E-state index < -0.39 is 0 Å². The zero-order chi connectivity index (χ0) is 20.1. The van der Waals surface area contributed by atoms with E-state index in [1.807, 2.05) is 19.1 Å². The second kappa shape index (κ2) is 8.30. The number of benzene rings is 2. The lowest BCUT2D eigenvalue weighted by atomic mass is 10.1. The van der Waals surface area contributed by atoms with Crippen LogP contribution in [0.4, 0.5) is 23.1 Å². The Morgan fingerprint density at radius 1 is 0.893 bits per heavy atom. The molecule has 3 aromatic rings. The fourth-order valence-electron chi connectivity index (χ4n) is 2.59. The first-order valence-electron chi connectivity index (χ1n) is 8.64. The average Bonchev–Trinajstić information content (AvgIpc) is 2.67. The highest BCUT2D eigenvalue weighted by Crippen LogP contribution is 2.20. The van der Waals surface area contributed by atoms with Crippen molar-refractivity contribution >= 4 is 34.9 Å². The van der Waals surface area contributed by atoms with E-state index in [9.17, 15) is 9.59 Å². The van der Waals surface area contributed by atoms with Gasteiger partial charge in [0, 0.05) is 28.7 Å². The van der Waals surface area contributed by atoms with Crippen LogP contribution < -0.4 is 10.6 Å². The molecule has 0 saturated heterocycles. The molecule has 0 radical (unpaired) electrons. The molecule has 3 rings (SSSR count). The third-order valence-corrected chi connectivity index (χ3v) is 3.96. The molecule has 0 spiro atoms. The van der Waals surface area contributed by atoms with Crippen molar-refractivity contribution in [2.24, 2.45) is 0 Å². The molecule has 7 nitrogen and oxygen atoms in total. The van der Waals surface area contributed by atoms with Crippen LogP contribution in [0.25, 0.3) is 0 Å². The van der Waals surface area contributed by atoms with E-state index in [0.29, 0.717) is 22.9 Å². The molecule has 0 bridgehead atoms. The van der Waals surface area contributed by atoms with Gasteiger partial charge in [-0.15, -0.1) is 0 Å². The van der Waals surface area contributed by atoms with Gasteiger partial charge in [0.1, 0.15) is 5.82 Å². The van der Waals surface area contributed by atoms with Crippen LogP contribution in [-0.4, -0.2) is 28.8 Å². The zero-order valence-electron chi connectivity index (χ0n) is 15.8. The van der Waals surface area contributed by atoms with Gasteiger partial charge in [-0.3, -0.25) is 4.79 Å². The number of aryl methyl sites for hydroxylation is 1. The van der Waals surface area contributed by atoms with E-state index >= 15 is 0 Å². The quantitative estimate of drug-likeness (QED) is 0.490. The van der Waals surface area contributed by atoms with Gasteiger partial charge in [-0.1, -0.05) is 12.1 Å². The lowest BCUT2D eigenvalue weighted by molar-refractivity contribution is 0.0600. The summed E-state index contributed by atoms with van der Waals surface area (Å²) in [6.45, 7) is 3.39. The predicted molar refractivity (Wildman–Crippen MR) is 108 cm³/mol. The van der Waals surface area contributed by atoms with Crippen molar-refractivity contribution in [3.63, 3.8) is 0 Å². The topological polar surface area (TPSA) is 93.2 Å². The van der Waals surface area contributed by atoms with E-state index in [-0.39, 0.29) is 11.8 Å². The normalized spacial score (nSPS) is 10.2. The summed E-state index contributed by atoms with van der Waals surface area (Å²) in [6.07, 6.45) is 0. The highest BCUT2D eigenvalue weighted by molar-refractivity contribution is 5.95. The molecule has 0 atom stereocenters. The van der Waals surface area contributed by atoms with Crippen LogP contribution in [-0.2, 0) is 4.74 Å². The van der Waals surface area contributed by atoms with Gasteiger partial charge in [0.2, 0.25) is 5.95 Å². The Morgan fingerprint density at radius 2 is 1.64 bits per heavy atom. The Morgan fingerprint density at radius 3 is 2.32 bits per heavy atom. The number of nitrogens with zero attached hydrogens (tertiary/aromatic N) is 2. The first kappa shape index (κ1) is 19.0. The third-order valence-electron chi connectivity index (χ3n) is 3.96. The predicted octanol–water partition coefficient (Wildman–Crippen LogP) is 4.26. The maximum Gasteiger partial charge on any atom is 0.337 e. The summed E-state index contributed by atoms with van der Waals surface area (Å²) < 4.78 is 4.70. The number of esters is 1. The van der Waals surface area contributed by atoms with Crippen molar-refractivity contribution in [1.82, 2.24) is 9.97 Å². The summed E-state index contributed by atoms with van der Waals surface area (Å²) in [6, 6.07) is 15.9. The van der Waals surface area contributed by atoms with Crippen molar-refractivity contribution in [3.05, 3.63) is 71.4 Å². The lowest BCUT2D eigenvalue weighted by Crippen LogP contribution is -2.04. The van der Waals surface area contributed by atoms with E-state index in [2.05, 4.69) is 20.6 Å². The van der Waals surface area contributed by atoms with E-state index in [1.165, 1.54) is 14.0 Å². The summed E-state index contributed by atoms with van der Waals surface area (Å²) in [5.41, 5.74) is 3.36. The molecule has 2 N–H and O–H groups in total. The van der Waals surface area contributed by atoms with Gasteiger partial charge in [0.15, 0.2) is 5.78 Å². The van der Waals surface area contributed by atoms with Gasteiger partial charge < -0.3 is 15.4 Å². The van der Waals surface area contributed by atoms with Crippen molar-refractivity contribution in [1.29, 1.82) is 0 Å². The van der Waals surface area contributed by atoms with Crippen LogP contribution in [0.5, 0.6) is 0 Å². The van der Waals surface area contributed by atoms with Crippen LogP contribution in [0, 0.1) is 6.92 Å². The molecule has 0 aliphatic carbocycles. The highest BCUT2D eigenvalue weighted by Gasteiger charge is 2.07. The molecule has 0 aliphatic heterocycles. The minimum atomic E-state index is -0.385. The van der Waals surface area contributed by atoms with Crippen molar-refractivity contribution in [3.8, 4) is 0 Å². The minimum Gasteiger partial charge on any atom is -0.465 e. The highest BCUT2D eigenvalue weighted by atomic mass is 16.5. The molecule has 1 aromatic heterocycles. The molecule has 28 heavy (non-hydrogen) atoms. The fourth-order valence-corrected chi connectivity index (χ4v) is 2.59. The molecule has 2 aromatic carbocycles. The smallest absolute Gasteiger partial charge is 0.337 e. The Kier molecular flexibility index (Phi) is 5.64. The van der Waals surface area contributed by atoms with Gasteiger partial charge in [0.05, 0.1) is 12.7 Å². The van der Waals surface area contributed by atoms with Crippen LogP contribution >= 0.6 is 0 Å². The average molecular weight is 376 g/mol. The van der Waals surface area contributed by atoms with E-state index in [1.54, 1.807) is 42.5 Å². The minimum absolute atomic E-state index is 0.00781. The van der Waals surface area contributed by atoms with Gasteiger partial charge in [0.25, 0.3) is 0 Å². The summed E-state index contributed by atoms with van der Waals surface area (Å²) in [4.78, 5) is 31.9. The second-order valence-corrected chi connectivity index (χ2v) is 6.17. The van der Waals surface area contributed by atoms with Crippen LogP contribution in [0.1, 0.15) is 33.3 Å². The maximum absolute atomic E-state index is 11.5. The number of aromatic nitrogens is 2.